The fourth-order valence-corrected chi connectivity index (χ4v) is 7.34. The van der Waals surface area contributed by atoms with Crippen LogP contribution >= 0.6 is 15.6 Å². The van der Waals surface area contributed by atoms with E-state index in [1.165, 1.54) is 0 Å². The molecule has 4 rings (SSSR count). The highest BCUT2D eigenvalue weighted by Gasteiger charge is 2.47. The molecule has 0 heterocycles. The molecule has 9 heteroatoms. The SMILES string of the molecule is Cc1cccc(OP(=O)(Oc2cccc(C)c2C)OP(=O)(Oc2cccc(C)c2C)Oc2cccc(C)c2C)c1C. The van der Waals surface area contributed by atoms with E-state index in [-0.39, 0.29) is 23.0 Å². The molecular formula is C32H36O7P2. The Kier molecular flexibility index (Phi) is 9.03. The first kappa shape index (κ1) is 30.5. The first-order chi connectivity index (χ1) is 19.3. The molecule has 0 unspecified atom stereocenters. The van der Waals surface area contributed by atoms with Crippen LogP contribution in [0.4, 0.5) is 0 Å². The minimum absolute atomic E-state index is 0.253. The van der Waals surface area contributed by atoms with Crippen LogP contribution in [0, 0.1) is 55.4 Å². The van der Waals surface area contributed by atoms with Gasteiger partial charge in [-0.15, -0.1) is 4.31 Å². The van der Waals surface area contributed by atoms with E-state index in [9.17, 15) is 9.13 Å². The van der Waals surface area contributed by atoms with Gasteiger partial charge in [-0.05, 0) is 124 Å². The molecule has 0 atom stereocenters. The van der Waals surface area contributed by atoms with E-state index < -0.39 is 15.6 Å². The van der Waals surface area contributed by atoms with Crippen molar-refractivity contribution in [2.24, 2.45) is 0 Å². The van der Waals surface area contributed by atoms with Crippen LogP contribution in [0.3, 0.4) is 0 Å². The Hall–Kier alpha value is -3.50. The number of hydrogen-bond acceptors (Lipinski definition) is 7. The standard InChI is InChI=1S/C32H36O7P2/c1-21-13-9-17-29(25(21)5)35-40(33,36-30-18-10-14-22(2)26(30)6)39-41(34,37-31-19-11-15-23(3)27(31)7)38-32-20-12-16-24(4)28(32)8/h9-20H,1-8H3. The summed E-state index contributed by atoms with van der Waals surface area (Å²) in [6, 6.07) is 21.2. The highest BCUT2D eigenvalue weighted by Crippen LogP contribution is 2.65. The Morgan fingerprint density at radius 1 is 0.390 bits per heavy atom. The Balaban J connectivity index is 1.84. The first-order valence-corrected chi connectivity index (χ1v) is 16.2. The van der Waals surface area contributed by atoms with Gasteiger partial charge in [0.1, 0.15) is 23.0 Å². The topological polar surface area (TPSA) is 80.3 Å². The van der Waals surface area contributed by atoms with Crippen molar-refractivity contribution in [3.8, 4) is 23.0 Å². The van der Waals surface area contributed by atoms with Gasteiger partial charge in [0.15, 0.2) is 0 Å². The zero-order chi connectivity index (χ0) is 29.9. The number of rotatable bonds is 10. The van der Waals surface area contributed by atoms with Crippen molar-refractivity contribution in [3.05, 3.63) is 117 Å². The zero-order valence-electron chi connectivity index (χ0n) is 24.7. The summed E-state index contributed by atoms with van der Waals surface area (Å²) in [4.78, 5) is 0. The van der Waals surface area contributed by atoms with Gasteiger partial charge in [0, 0.05) is 0 Å². The lowest BCUT2D eigenvalue weighted by atomic mass is 10.1. The summed E-state index contributed by atoms with van der Waals surface area (Å²) in [6.07, 6.45) is 0. The van der Waals surface area contributed by atoms with Crippen LogP contribution in [-0.2, 0) is 13.4 Å². The largest absolute Gasteiger partial charge is 0.598 e. The highest BCUT2D eigenvalue weighted by atomic mass is 31.3. The second-order valence-electron chi connectivity index (χ2n) is 10.1. The van der Waals surface area contributed by atoms with Crippen molar-refractivity contribution < 1.29 is 31.5 Å². The van der Waals surface area contributed by atoms with Gasteiger partial charge in [0.25, 0.3) is 0 Å². The van der Waals surface area contributed by atoms with Crippen LogP contribution < -0.4 is 18.1 Å². The van der Waals surface area contributed by atoms with Gasteiger partial charge in [-0.3, -0.25) is 0 Å². The molecule has 0 bridgehead atoms. The molecule has 0 N–H and O–H groups in total. The smallest absolute Gasteiger partial charge is 0.394 e. The lowest BCUT2D eigenvalue weighted by Gasteiger charge is -2.26. The van der Waals surface area contributed by atoms with Crippen molar-refractivity contribution in [1.82, 2.24) is 0 Å². The van der Waals surface area contributed by atoms with Gasteiger partial charge < -0.3 is 18.1 Å². The summed E-state index contributed by atoms with van der Waals surface area (Å²) in [5.74, 6) is 1.01. The van der Waals surface area contributed by atoms with Crippen molar-refractivity contribution >= 4 is 15.6 Å². The van der Waals surface area contributed by atoms with Gasteiger partial charge in [0.2, 0.25) is 0 Å². The van der Waals surface area contributed by atoms with E-state index >= 15 is 0 Å². The molecule has 41 heavy (non-hydrogen) atoms. The molecule has 0 saturated carbocycles. The Morgan fingerprint density at radius 3 is 0.829 bits per heavy atom. The lowest BCUT2D eigenvalue weighted by molar-refractivity contribution is 0.241. The summed E-state index contributed by atoms with van der Waals surface area (Å²) >= 11 is 0. The fourth-order valence-electron chi connectivity index (χ4n) is 4.00. The molecule has 7 nitrogen and oxygen atoms in total. The summed E-state index contributed by atoms with van der Waals surface area (Å²) < 4.78 is 58.9. The average molecular weight is 595 g/mol. The van der Waals surface area contributed by atoms with Crippen molar-refractivity contribution in [1.29, 1.82) is 0 Å². The number of benzene rings is 4. The molecule has 0 aliphatic carbocycles. The Bertz CT molecular complexity index is 1440. The molecule has 4 aromatic carbocycles. The number of phosphoric acid groups is 2. The van der Waals surface area contributed by atoms with Gasteiger partial charge in [-0.1, -0.05) is 48.5 Å². The maximum absolute atomic E-state index is 14.6. The summed E-state index contributed by atoms with van der Waals surface area (Å²) in [6.45, 7) is 14.9. The van der Waals surface area contributed by atoms with E-state index in [0.717, 1.165) is 44.5 Å². The minimum Gasteiger partial charge on any atom is -0.394 e. The average Bonchev–Trinajstić information content (AvgIpc) is 2.90. The van der Waals surface area contributed by atoms with E-state index in [1.807, 2.05) is 79.7 Å². The molecule has 4 aromatic rings. The third-order valence-electron chi connectivity index (χ3n) is 7.26. The molecule has 0 radical (unpaired) electrons. The van der Waals surface area contributed by atoms with Crippen LogP contribution in [0.5, 0.6) is 23.0 Å². The molecular weight excluding hydrogens is 558 g/mol. The zero-order valence-corrected chi connectivity index (χ0v) is 26.5. The molecule has 0 spiro atoms. The predicted molar refractivity (Wildman–Crippen MR) is 162 cm³/mol. The Morgan fingerprint density at radius 2 is 0.610 bits per heavy atom. The second-order valence-corrected chi connectivity index (χ2v) is 13.3. The van der Waals surface area contributed by atoms with E-state index in [2.05, 4.69) is 0 Å². The monoisotopic (exact) mass is 594 g/mol. The summed E-state index contributed by atoms with van der Waals surface area (Å²) in [5.41, 5.74) is 6.51. The molecule has 0 amide bonds. The fraction of sp³-hybridized carbons (Fsp3) is 0.250. The third kappa shape index (κ3) is 7.05. The molecule has 0 fully saturated rings. The van der Waals surface area contributed by atoms with Gasteiger partial charge in [-0.25, -0.2) is 9.13 Å². The first-order valence-electron chi connectivity index (χ1n) is 13.3. The molecule has 0 saturated heterocycles. The van der Waals surface area contributed by atoms with Crippen LogP contribution in [0.15, 0.2) is 72.8 Å². The Labute approximate surface area is 242 Å². The molecule has 0 aliphatic rings. The van der Waals surface area contributed by atoms with Crippen molar-refractivity contribution in [3.63, 3.8) is 0 Å². The van der Waals surface area contributed by atoms with Gasteiger partial charge >= 0.3 is 15.6 Å². The number of hydrogen-bond donors (Lipinski definition) is 0. The van der Waals surface area contributed by atoms with E-state index in [0.29, 0.717) is 0 Å². The normalized spacial score (nSPS) is 11.7. The quantitative estimate of drug-likeness (QED) is 0.169. The van der Waals surface area contributed by atoms with Crippen LogP contribution in [-0.4, -0.2) is 0 Å². The highest BCUT2D eigenvalue weighted by molar-refractivity contribution is 7.63. The van der Waals surface area contributed by atoms with Crippen LogP contribution in [0.25, 0.3) is 0 Å². The van der Waals surface area contributed by atoms with Crippen LogP contribution in [0.2, 0.25) is 0 Å². The maximum Gasteiger partial charge on any atom is 0.598 e. The molecule has 0 aliphatic heterocycles. The maximum atomic E-state index is 14.6. The van der Waals surface area contributed by atoms with Gasteiger partial charge in [-0.2, -0.15) is 0 Å². The summed E-state index contributed by atoms with van der Waals surface area (Å²) in [5, 5.41) is 0. The predicted octanol–water partition coefficient (Wildman–Crippen LogP) is 10.0. The van der Waals surface area contributed by atoms with Crippen LogP contribution in [0.1, 0.15) is 44.5 Å². The molecule has 216 valence electrons. The van der Waals surface area contributed by atoms with E-state index in [4.69, 9.17) is 22.4 Å². The lowest BCUT2D eigenvalue weighted by Crippen LogP contribution is -2.12. The minimum atomic E-state index is -4.72. The molecule has 0 aromatic heterocycles. The second kappa shape index (κ2) is 12.2. The number of phosphoric ester groups is 2. The third-order valence-corrected chi connectivity index (χ3v) is 10.5. The van der Waals surface area contributed by atoms with E-state index in [1.54, 1.807) is 48.5 Å². The van der Waals surface area contributed by atoms with Crippen molar-refractivity contribution in [2.75, 3.05) is 0 Å². The summed E-state index contributed by atoms with van der Waals surface area (Å²) in [7, 11) is -9.44. The van der Waals surface area contributed by atoms with Gasteiger partial charge in [0.05, 0.1) is 0 Å². The van der Waals surface area contributed by atoms with Crippen molar-refractivity contribution in [2.45, 2.75) is 55.4 Å². The number of aryl methyl sites for hydroxylation is 4.